The van der Waals surface area contributed by atoms with E-state index in [0.29, 0.717) is 12.6 Å². The van der Waals surface area contributed by atoms with Crippen molar-refractivity contribution in [3.8, 4) is 0 Å². The molecule has 88 valence electrons. The maximum Gasteiger partial charge on any atom is 0.0733 e. The van der Waals surface area contributed by atoms with Gasteiger partial charge in [0.2, 0.25) is 0 Å². The molecule has 2 rings (SSSR count). The zero-order valence-electron chi connectivity index (χ0n) is 10.2. The molecule has 2 heteroatoms. The molecule has 0 aromatic heterocycles. The molecule has 1 atom stereocenters. The standard InChI is InChI=1S/C14H21NO/c1-3-13(11-8-9-11)15-14-7-5-4-6-12(14)10-16-2/h4-7,11,13,15H,3,8-10H2,1-2H3. The Morgan fingerprint density at radius 3 is 2.75 bits per heavy atom. The Morgan fingerprint density at radius 1 is 1.38 bits per heavy atom. The Labute approximate surface area is 98.0 Å². The highest BCUT2D eigenvalue weighted by molar-refractivity contribution is 5.51. The summed E-state index contributed by atoms with van der Waals surface area (Å²) in [5.41, 5.74) is 2.49. The number of hydrogen-bond acceptors (Lipinski definition) is 2. The Balaban J connectivity index is 2.06. The van der Waals surface area contributed by atoms with Gasteiger partial charge in [-0.2, -0.15) is 0 Å². The molecule has 1 aliphatic carbocycles. The highest BCUT2D eigenvalue weighted by atomic mass is 16.5. The van der Waals surface area contributed by atoms with Crippen molar-refractivity contribution in [2.24, 2.45) is 5.92 Å². The molecule has 1 fully saturated rings. The summed E-state index contributed by atoms with van der Waals surface area (Å²) in [7, 11) is 1.75. The van der Waals surface area contributed by atoms with Crippen LogP contribution < -0.4 is 5.32 Å². The fourth-order valence-electron chi connectivity index (χ4n) is 2.19. The Kier molecular flexibility index (Phi) is 3.83. The van der Waals surface area contributed by atoms with Crippen molar-refractivity contribution in [3.05, 3.63) is 29.8 Å². The highest BCUT2D eigenvalue weighted by Crippen LogP contribution is 2.36. The van der Waals surface area contributed by atoms with E-state index >= 15 is 0 Å². The fraction of sp³-hybridized carbons (Fsp3) is 0.571. The first-order valence-corrected chi connectivity index (χ1v) is 6.18. The van der Waals surface area contributed by atoms with E-state index in [1.807, 2.05) is 0 Å². The molecule has 0 aliphatic heterocycles. The smallest absolute Gasteiger partial charge is 0.0733 e. The first kappa shape index (κ1) is 11.5. The molecule has 1 unspecified atom stereocenters. The van der Waals surface area contributed by atoms with Crippen LogP contribution in [0.4, 0.5) is 5.69 Å². The van der Waals surface area contributed by atoms with Crippen LogP contribution in [0.1, 0.15) is 31.7 Å². The van der Waals surface area contributed by atoms with Gasteiger partial charge in [0.25, 0.3) is 0 Å². The summed E-state index contributed by atoms with van der Waals surface area (Å²) >= 11 is 0. The van der Waals surface area contributed by atoms with E-state index in [1.54, 1.807) is 7.11 Å². The summed E-state index contributed by atoms with van der Waals surface area (Å²) in [6.45, 7) is 2.94. The molecule has 2 nitrogen and oxygen atoms in total. The predicted octanol–water partition coefficient (Wildman–Crippen LogP) is 3.43. The molecule has 1 aromatic rings. The molecule has 1 aromatic carbocycles. The summed E-state index contributed by atoms with van der Waals surface area (Å²) in [6.07, 6.45) is 3.97. The molecule has 0 heterocycles. The minimum atomic E-state index is 0.637. The third-order valence-electron chi connectivity index (χ3n) is 3.29. The zero-order valence-corrected chi connectivity index (χ0v) is 10.2. The summed E-state index contributed by atoms with van der Waals surface area (Å²) < 4.78 is 5.22. The summed E-state index contributed by atoms with van der Waals surface area (Å²) in [6, 6.07) is 9.07. The van der Waals surface area contributed by atoms with Crippen molar-refractivity contribution in [3.63, 3.8) is 0 Å². The van der Waals surface area contributed by atoms with Crippen LogP contribution >= 0.6 is 0 Å². The van der Waals surface area contributed by atoms with Crippen molar-refractivity contribution < 1.29 is 4.74 Å². The number of benzene rings is 1. The van der Waals surface area contributed by atoms with Crippen molar-refractivity contribution >= 4 is 5.69 Å². The van der Waals surface area contributed by atoms with Crippen LogP contribution in [0.2, 0.25) is 0 Å². The summed E-state index contributed by atoms with van der Waals surface area (Å²) in [5.74, 6) is 0.889. The highest BCUT2D eigenvalue weighted by Gasteiger charge is 2.29. The van der Waals surface area contributed by atoms with Gasteiger partial charge in [-0.3, -0.25) is 0 Å². The van der Waals surface area contributed by atoms with E-state index in [9.17, 15) is 0 Å². The average molecular weight is 219 g/mol. The number of para-hydroxylation sites is 1. The van der Waals surface area contributed by atoms with Gasteiger partial charge in [-0.25, -0.2) is 0 Å². The van der Waals surface area contributed by atoms with Gasteiger partial charge >= 0.3 is 0 Å². The number of methoxy groups -OCH3 is 1. The van der Waals surface area contributed by atoms with E-state index in [0.717, 1.165) is 5.92 Å². The molecule has 0 radical (unpaired) electrons. The van der Waals surface area contributed by atoms with E-state index < -0.39 is 0 Å². The minimum Gasteiger partial charge on any atom is -0.382 e. The first-order chi connectivity index (χ1) is 7.85. The van der Waals surface area contributed by atoms with Gasteiger partial charge < -0.3 is 10.1 Å². The fourth-order valence-corrected chi connectivity index (χ4v) is 2.19. The van der Waals surface area contributed by atoms with E-state index in [-0.39, 0.29) is 0 Å². The molecular formula is C14H21NO. The van der Waals surface area contributed by atoms with E-state index in [2.05, 4.69) is 36.5 Å². The third-order valence-corrected chi connectivity index (χ3v) is 3.29. The molecule has 1 saturated carbocycles. The largest absolute Gasteiger partial charge is 0.382 e. The Hall–Kier alpha value is -1.02. The topological polar surface area (TPSA) is 21.3 Å². The van der Waals surface area contributed by atoms with Crippen molar-refractivity contribution in [2.45, 2.75) is 38.8 Å². The van der Waals surface area contributed by atoms with E-state index in [1.165, 1.54) is 30.5 Å². The average Bonchev–Trinajstić information content (AvgIpc) is 3.12. The second-order valence-corrected chi connectivity index (χ2v) is 4.59. The Bertz CT molecular complexity index is 333. The zero-order chi connectivity index (χ0) is 11.4. The molecule has 1 aliphatic rings. The van der Waals surface area contributed by atoms with E-state index in [4.69, 9.17) is 4.74 Å². The van der Waals surface area contributed by atoms with Crippen LogP contribution in [0.25, 0.3) is 0 Å². The second kappa shape index (κ2) is 5.35. The normalized spacial score (nSPS) is 17.1. The van der Waals surface area contributed by atoms with Gasteiger partial charge in [-0.1, -0.05) is 25.1 Å². The van der Waals surface area contributed by atoms with Crippen LogP contribution in [0, 0.1) is 5.92 Å². The molecular weight excluding hydrogens is 198 g/mol. The molecule has 16 heavy (non-hydrogen) atoms. The van der Waals surface area contributed by atoms with Crippen LogP contribution in [-0.2, 0) is 11.3 Å². The van der Waals surface area contributed by atoms with Gasteiger partial charge in [0.1, 0.15) is 0 Å². The van der Waals surface area contributed by atoms with Gasteiger partial charge in [0.15, 0.2) is 0 Å². The maximum atomic E-state index is 5.22. The number of anilines is 1. The monoisotopic (exact) mass is 219 g/mol. The lowest BCUT2D eigenvalue weighted by Gasteiger charge is -2.20. The lowest BCUT2D eigenvalue weighted by atomic mass is 10.1. The summed E-state index contributed by atoms with van der Waals surface area (Å²) in [4.78, 5) is 0. The summed E-state index contributed by atoms with van der Waals surface area (Å²) in [5, 5.41) is 3.66. The van der Waals surface area contributed by atoms with Crippen LogP contribution in [0.3, 0.4) is 0 Å². The molecule has 0 bridgehead atoms. The van der Waals surface area contributed by atoms with Crippen LogP contribution in [0.15, 0.2) is 24.3 Å². The van der Waals surface area contributed by atoms with Crippen LogP contribution in [-0.4, -0.2) is 13.2 Å². The lowest BCUT2D eigenvalue weighted by Crippen LogP contribution is -2.21. The molecule has 0 spiro atoms. The van der Waals surface area contributed by atoms with Crippen molar-refractivity contribution in [1.29, 1.82) is 0 Å². The molecule has 1 N–H and O–H groups in total. The molecule has 0 saturated heterocycles. The van der Waals surface area contributed by atoms with Gasteiger partial charge in [0, 0.05) is 24.4 Å². The first-order valence-electron chi connectivity index (χ1n) is 6.18. The minimum absolute atomic E-state index is 0.637. The second-order valence-electron chi connectivity index (χ2n) is 4.59. The third kappa shape index (κ3) is 2.76. The van der Waals surface area contributed by atoms with Crippen LogP contribution in [0.5, 0.6) is 0 Å². The SMILES string of the molecule is CCC(Nc1ccccc1COC)C1CC1. The van der Waals surface area contributed by atoms with Gasteiger partial charge in [0.05, 0.1) is 6.61 Å². The quantitative estimate of drug-likeness (QED) is 0.791. The Morgan fingerprint density at radius 2 is 2.12 bits per heavy atom. The van der Waals surface area contributed by atoms with Crippen molar-refractivity contribution in [2.75, 3.05) is 12.4 Å². The number of nitrogens with one attached hydrogen (secondary N) is 1. The maximum absolute atomic E-state index is 5.22. The predicted molar refractivity (Wildman–Crippen MR) is 67.6 cm³/mol. The van der Waals surface area contributed by atoms with Gasteiger partial charge in [-0.05, 0) is 31.2 Å². The lowest BCUT2D eigenvalue weighted by molar-refractivity contribution is 0.185. The van der Waals surface area contributed by atoms with Gasteiger partial charge in [-0.15, -0.1) is 0 Å². The molecule has 0 amide bonds. The number of rotatable bonds is 6. The van der Waals surface area contributed by atoms with Crippen molar-refractivity contribution in [1.82, 2.24) is 0 Å². The number of hydrogen-bond donors (Lipinski definition) is 1. The number of ether oxygens (including phenoxy) is 1.